The van der Waals surface area contributed by atoms with Gasteiger partial charge in [0.05, 0.1) is 6.10 Å². The molecule has 0 saturated heterocycles. The minimum absolute atomic E-state index is 0.406. The molecule has 0 radical (unpaired) electrons. The Bertz CT molecular complexity index is 652. The Balaban J connectivity index is 2.49. The molecule has 2 aromatic carbocycles. The quantitative estimate of drug-likeness (QED) is 0.664. The summed E-state index contributed by atoms with van der Waals surface area (Å²) in [6.07, 6.45) is -0.406. The lowest BCUT2D eigenvalue weighted by Gasteiger charge is -2.04. The molecule has 3 rings (SSSR count). The average molecular weight is 228 g/mol. The largest absolute Gasteiger partial charge is 0.389 e. The third kappa shape index (κ3) is 1.34. The maximum atomic E-state index is 9.75. The second-order valence-corrected chi connectivity index (χ2v) is 5.05. The summed E-state index contributed by atoms with van der Waals surface area (Å²) in [7, 11) is 0. The van der Waals surface area contributed by atoms with Gasteiger partial charge in [-0.2, -0.15) is 0 Å². The Hall–Kier alpha value is -1.38. The first-order valence-corrected chi connectivity index (χ1v) is 6.17. The Morgan fingerprint density at radius 2 is 1.75 bits per heavy atom. The summed E-state index contributed by atoms with van der Waals surface area (Å²) >= 11 is 1.76. The van der Waals surface area contributed by atoms with E-state index in [9.17, 15) is 5.11 Å². The molecular weight excluding hydrogens is 216 g/mol. The van der Waals surface area contributed by atoms with Crippen LogP contribution in [0.15, 0.2) is 42.5 Å². The first-order valence-electron chi connectivity index (χ1n) is 5.35. The Morgan fingerprint density at radius 3 is 2.56 bits per heavy atom. The lowest BCUT2D eigenvalue weighted by atomic mass is 10.1. The number of rotatable bonds is 1. The van der Waals surface area contributed by atoms with Gasteiger partial charge in [0.1, 0.15) is 0 Å². The van der Waals surface area contributed by atoms with Gasteiger partial charge in [-0.15, -0.1) is 11.3 Å². The van der Waals surface area contributed by atoms with Crippen LogP contribution < -0.4 is 0 Å². The van der Waals surface area contributed by atoms with Gasteiger partial charge in [0.15, 0.2) is 0 Å². The van der Waals surface area contributed by atoms with Crippen LogP contribution in [0.1, 0.15) is 18.6 Å². The molecule has 1 N–H and O–H groups in total. The van der Waals surface area contributed by atoms with E-state index in [-0.39, 0.29) is 0 Å². The Morgan fingerprint density at radius 1 is 1.00 bits per heavy atom. The highest BCUT2D eigenvalue weighted by Crippen LogP contribution is 2.37. The van der Waals surface area contributed by atoms with Crippen molar-refractivity contribution in [3.8, 4) is 0 Å². The van der Waals surface area contributed by atoms with Gasteiger partial charge in [0, 0.05) is 20.2 Å². The first-order chi connectivity index (χ1) is 7.77. The predicted octanol–water partition coefficient (Wildman–Crippen LogP) is 4.11. The van der Waals surface area contributed by atoms with Crippen LogP contribution in [0.4, 0.5) is 0 Å². The second kappa shape index (κ2) is 3.58. The average Bonchev–Trinajstić information content (AvgIpc) is 2.67. The van der Waals surface area contributed by atoms with Gasteiger partial charge < -0.3 is 5.11 Å². The lowest BCUT2D eigenvalue weighted by molar-refractivity contribution is 0.201. The molecule has 2 heteroatoms. The SMILES string of the molecule is CC(O)c1cccc2c1sc1ccccc12. The summed E-state index contributed by atoms with van der Waals surface area (Å²) in [5.74, 6) is 0. The highest BCUT2D eigenvalue weighted by atomic mass is 32.1. The van der Waals surface area contributed by atoms with Gasteiger partial charge in [-0.1, -0.05) is 36.4 Å². The molecular formula is C14H12OS. The first kappa shape index (κ1) is 9.82. The summed E-state index contributed by atoms with van der Waals surface area (Å²) < 4.78 is 2.49. The van der Waals surface area contributed by atoms with E-state index >= 15 is 0 Å². The number of hydrogen-bond donors (Lipinski definition) is 1. The summed E-state index contributed by atoms with van der Waals surface area (Å²) in [6, 6.07) is 14.5. The van der Waals surface area contributed by atoms with E-state index in [4.69, 9.17) is 0 Å². The molecule has 0 spiro atoms. The molecule has 0 saturated carbocycles. The van der Waals surface area contributed by atoms with E-state index in [0.29, 0.717) is 0 Å². The van der Waals surface area contributed by atoms with Gasteiger partial charge in [0.25, 0.3) is 0 Å². The highest BCUT2D eigenvalue weighted by molar-refractivity contribution is 7.26. The predicted molar refractivity (Wildman–Crippen MR) is 70.0 cm³/mol. The van der Waals surface area contributed by atoms with Crippen molar-refractivity contribution in [2.24, 2.45) is 0 Å². The molecule has 3 aromatic rings. The van der Waals surface area contributed by atoms with Crippen molar-refractivity contribution >= 4 is 31.5 Å². The van der Waals surface area contributed by atoms with E-state index in [0.717, 1.165) is 5.56 Å². The maximum absolute atomic E-state index is 9.75. The van der Waals surface area contributed by atoms with Crippen LogP contribution in [0.3, 0.4) is 0 Å². The zero-order chi connectivity index (χ0) is 11.1. The van der Waals surface area contributed by atoms with Crippen LogP contribution in [-0.4, -0.2) is 5.11 Å². The molecule has 0 aliphatic carbocycles. The molecule has 0 aliphatic rings. The van der Waals surface area contributed by atoms with E-state index in [1.54, 1.807) is 11.3 Å². The summed E-state index contributed by atoms with van der Waals surface area (Å²) in [5, 5.41) is 12.3. The summed E-state index contributed by atoms with van der Waals surface area (Å²) in [4.78, 5) is 0. The molecule has 0 amide bonds. The zero-order valence-corrected chi connectivity index (χ0v) is 9.79. The van der Waals surface area contributed by atoms with E-state index in [1.165, 1.54) is 20.2 Å². The van der Waals surface area contributed by atoms with Crippen molar-refractivity contribution in [3.63, 3.8) is 0 Å². The minimum atomic E-state index is -0.406. The van der Waals surface area contributed by atoms with Crippen molar-refractivity contribution in [2.45, 2.75) is 13.0 Å². The summed E-state index contributed by atoms with van der Waals surface area (Å²) in [5.41, 5.74) is 1.03. The third-order valence-electron chi connectivity index (χ3n) is 2.88. The van der Waals surface area contributed by atoms with Crippen LogP contribution in [0.25, 0.3) is 20.2 Å². The topological polar surface area (TPSA) is 20.2 Å². The van der Waals surface area contributed by atoms with Gasteiger partial charge in [-0.05, 0) is 18.6 Å². The van der Waals surface area contributed by atoms with Gasteiger partial charge >= 0.3 is 0 Å². The van der Waals surface area contributed by atoms with Gasteiger partial charge in [-0.3, -0.25) is 0 Å². The molecule has 1 atom stereocenters. The fourth-order valence-electron chi connectivity index (χ4n) is 2.10. The smallest absolute Gasteiger partial charge is 0.0775 e. The molecule has 1 aromatic heterocycles. The molecule has 1 nitrogen and oxygen atoms in total. The molecule has 0 fully saturated rings. The van der Waals surface area contributed by atoms with Crippen molar-refractivity contribution in [1.29, 1.82) is 0 Å². The maximum Gasteiger partial charge on any atom is 0.0775 e. The Kier molecular flexibility index (Phi) is 2.20. The number of aliphatic hydroxyl groups excluding tert-OH is 1. The van der Waals surface area contributed by atoms with Crippen LogP contribution >= 0.6 is 11.3 Å². The van der Waals surface area contributed by atoms with Crippen LogP contribution in [0, 0.1) is 0 Å². The number of benzene rings is 2. The highest BCUT2D eigenvalue weighted by Gasteiger charge is 2.10. The van der Waals surface area contributed by atoms with E-state index < -0.39 is 6.10 Å². The van der Waals surface area contributed by atoms with Gasteiger partial charge in [0.2, 0.25) is 0 Å². The van der Waals surface area contributed by atoms with Gasteiger partial charge in [-0.25, -0.2) is 0 Å². The molecule has 16 heavy (non-hydrogen) atoms. The van der Waals surface area contributed by atoms with Crippen LogP contribution in [0.2, 0.25) is 0 Å². The Labute approximate surface area is 98.0 Å². The standard InChI is InChI=1S/C14H12OS/c1-9(15)10-6-4-7-12-11-5-2-3-8-13(11)16-14(10)12/h2-9,15H,1H3. The lowest BCUT2D eigenvalue weighted by Crippen LogP contribution is -1.89. The van der Waals surface area contributed by atoms with E-state index in [1.807, 2.05) is 19.1 Å². The molecule has 0 aliphatic heterocycles. The van der Waals surface area contributed by atoms with Crippen molar-refractivity contribution < 1.29 is 5.11 Å². The number of aliphatic hydroxyl groups is 1. The van der Waals surface area contributed by atoms with Crippen LogP contribution in [-0.2, 0) is 0 Å². The normalized spacial score (nSPS) is 13.4. The number of fused-ring (bicyclic) bond motifs is 3. The van der Waals surface area contributed by atoms with Crippen molar-refractivity contribution in [2.75, 3.05) is 0 Å². The molecule has 1 heterocycles. The monoisotopic (exact) mass is 228 g/mol. The fourth-order valence-corrected chi connectivity index (χ4v) is 3.40. The number of thiophene rings is 1. The third-order valence-corrected chi connectivity index (χ3v) is 4.12. The molecule has 80 valence electrons. The fraction of sp³-hybridized carbons (Fsp3) is 0.143. The van der Waals surface area contributed by atoms with Crippen LogP contribution in [0.5, 0.6) is 0 Å². The summed E-state index contributed by atoms with van der Waals surface area (Å²) in [6.45, 7) is 1.82. The van der Waals surface area contributed by atoms with Crippen molar-refractivity contribution in [3.05, 3.63) is 48.0 Å². The number of hydrogen-bond acceptors (Lipinski definition) is 2. The molecule has 1 unspecified atom stereocenters. The molecule has 0 bridgehead atoms. The van der Waals surface area contributed by atoms with E-state index in [2.05, 4.69) is 30.3 Å². The minimum Gasteiger partial charge on any atom is -0.389 e. The van der Waals surface area contributed by atoms with Crippen molar-refractivity contribution in [1.82, 2.24) is 0 Å². The zero-order valence-electron chi connectivity index (χ0n) is 8.97. The second-order valence-electron chi connectivity index (χ2n) is 4.00.